The predicted octanol–water partition coefficient (Wildman–Crippen LogP) is 6.78. The van der Waals surface area contributed by atoms with Gasteiger partial charge in [0.05, 0.1) is 16.1 Å². The van der Waals surface area contributed by atoms with Gasteiger partial charge in [0.25, 0.3) is 5.91 Å². The molecule has 1 amide bonds. The summed E-state index contributed by atoms with van der Waals surface area (Å²) in [5.74, 6) is -0.364. The molecule has 0 bridgehead atoms. The highest BCUT2D eigenvalue weighted by molar-refractivity contribution is 7.87. The highest BCUT2D eigenvalue weighted by atomic mass is 35.5. The summed E-state index contributed by atoms with van der Waals surface area (Å²) in [6, 6.07) is 15.0. The van der Waals surface area contributed by atoms with Gasteiger partial charge in [-0.15, -0.1) is 0 Å². The molecular weight excluding hydrogens is 553 g/mol. The summed E-state index contributed by atoms with van der Waals surface area (Å²) in [5.41, 5.74) is 0.293. The van der Waals surface area contributed by atoms with Gasteiger partial charge in [-0.3, -0.25) is 4.79 Å². The van der Waals surface area contributed by atoms with Gasteiger partial charge in [-0.05, 0) is 63.1 Å². The first kappa shape index (κ1) is 28.8. The van der Waals surface area contributed by atoms with Crippen LogP contribution in [0.1, 0.15) is 48.2 Å². The molecule has 0 saturated heterocycles. The summed E-state index contributed by atoms with van der Waals surface area (Å²) < 4.78 is 71.6. The van der Waals surface area contributed by atoms with Gasteiger partial charge in [0.1, 0.15) is 10.6 Å². The zero-order chi connectivity index (χ0) is 28.4. The van der Waals surface area contributed by atoms with E-state index >= 15 is 0 Å². The number of halogens is 4. The Balaban J connectivity index is 1.73. The molecule has 4 rings (SSSR count). The van der Waals surface area contributed by atoms with Crippen LogP contribution >= 0.6 is 11.6 Å². The van der Waals surface area contributed by atoms with Crippen LogP contribution in [0.3, 0.4) is 0 Å². The van der Waals surface area contributed by atoms with Crippen molar-refractivity contribution in [1.82, 2.24) is 4.90 Å². The molecule has 1 fully saturated rings. The average Bonchev–Trinajstić information content (AvgIpc) is 3.74. The Hall–Kier alpha value is -3.24. The summed E-state index contributed by atoms with van der Waals surface area (Å²) in [6.45, 7) is 5.17. The molecule has 0 N–H and O–H groups in total. The van der Waals surface area contributed by atoms with Gasteiger partial charge in [0.15, 0.2) is 0 Å². The third-order valence-corrected chi connectivity index (χ3v) is 8.08. The van der Waals surface area contributed by atoms with E-state index in [1.807, 2.05) is 18.7 Å². The summed E-state index contributed by atoms with van der Waals surface area (Å²) >= 11 is 6.27. The van der Waals surface area contributed by atoms with E-state index in [1.165, 1.54) is 0 Å². The minimum absolute atomic E-state index is 0.0285. The molecule has 1 aliphatic rings. The van der Waals surface area contributed by atoms with Crippen molar-refractivity contribution in [2.75, 3.05) is 18.0 Å². The van der Waals surface area contributed by atoms with Crippen molar-refractivity contribution in [3.05, 3.63) is 88.4 Å². The first-order valence-electron chi connectivity index (χ1n) is 12.5. The van der Waals surface area contributed by atoms with Crippen molar-refractivity contribution in [1.29, 1.82) is 0 Å². The van der Waals surface area contributed by atoms with Crippen LogP contribution in [0.5, 0.6) is 5.75 Å². The minimum Gasteiger partial charge on any atom is -0.379 e. The smallest absolute Gasteiger partial charge is 0.379 e. The topological polar surface area (TPSA) is 66.9 Å². The van der Waals surface area contributed by atoms with Crippen LogP contribution in [0.2, 0.25) is 5.02 Å². The van der Waals surface area contributed by atoms with Gasteiger partial charge in [-0.25, -0.2) is 0 Å². The van der Waals surface area contributed by atoms with Crippen LogP contribution in [-0.2, 0) is 22.8 Å². The van der Waals surface area contributed by atoms with Gasteiger partial charge in [0.2, 0.25) is 0 Å². The number of rotatable bonds is 10. The Labute approximate surface area is 231 Å². The molecule has 0 aliphatic heterocycles. The van der Waals surface area contributed by atoms with E-state index in [9.17, 15) is 26.4 Å². The summed E-state index contributed by atoms with van der Waals surface area (Å²) in [6.07, 6.45) is -3.15. The maximum atomic E-state index is 13.4. The van der Waals surface area contributed by atoms with Crippen molar-refractivity contribution in [2.45, 2.75) is 50.3 Å². The fourth-order valence-electron chi connectivity index (χ4n) is 4.26. The van der Waals surface area contributed by atoms with Crippen LogP contribution in [0.4, 0.5) is 18.9 Å². The lowest BCUT2D eigenvalue weighted by atomic mass is 10.1. The fourth-order valence-corrected chi connectivity index (χ4v) is 5.48. The van der Waals surface area contributed by atoms with Crippen molar-refractivity contribution in [2.24, 2.45) is 0 Å². The summed E-state index contributed by atoms with van der Waals surface area (Å²) in [7, 11) is -4.64. The lowest BCUT2D eigenvalue weighted by Crippen LogP contribution is -2.33. The molecule has 0 unspecified atom stereocenters. The molecule has 0 aromatic heterocycles. The Morgan fingerprint density at radius 3 is 2.31 bits per heavy atom. The third-order valence-electron chi connectivity index (χ3n) is 6.52. The number of alkyl halides is 3. The zero-order valence-corrected chi connectivity index (χ0v) is 23.0. The number of hydrogen-bond donors (Lipinski definition) is 0. The van der Waals surface area contributed by atoms with Crippen LogP contribution in [-0.4, -0.2) is 38.4 Å². The Morgan fingerprint density at radius 1 is 1.00 bits per heavy atom. The number of benzene rings is 3. The van der Waals surface area contributed by atoms with Gasteiger partial charge < -0.3 is 14.0 Å². The largest absolute Gasteiger partial charge is 0.416 e. The van der Waals surface area contributed by atoms with E-state index in [0.717, 1.165) is 31.0 Å². The zero-order valence-electron chi connectivity index (χ0n) is 21.4. The number of hydrogen-bond acceptors (Lipinski definition) is 5. The second-order valence-electron chi connectivity index (χ2n) is 9.17. The highest BCUT2D eigenvalue weighted by Gasteiger charge is 2.35. The van der Waals surface area contributed by atoms with E-state index in [2.05, 4.69) is 0 Å². The normalized spacial score (nSPS) is 13.7. The number of anilines is 1. The molecule has 39 heavy (non-hydrogen) atoms. The Bertz CT molecular complexity index is 1460. The molecular formula is C28H28ClF3N2O4S. The van der Waals surface area contributed by atoms with Gasteiger partial charge in [0, 0.05) is 43.0 Å². The molecule has 11 heteroatoms. The number of amides is 1. The summed E-state index contributed by atoms with van der Waals surface area (Å²) in [4.78, 5) is 16.4. The number of carbonyl (C=O) groups excluding carboxylic acids is 1. The van der Waals surface area contributed by atoms with Gasteiger partial charge in [-0.2, -0.15) is 21.6 Å². The quantitative estimate of drug-likeness (QED) is 0.247. The number of nitrogens with zero attached hydrogens (tertiary/aromatic N) is 2. The first-order chi connectivity index (χ1) is 18.4. The third kappa shape index (κ3) is 6.67. The fraction of sp³-hybridized carbons (Fsp3) is 0.321. The van der Waals surface area contributed by atoms with Gasteiger partial charge in [-0.1, -0.05) is 35.9 Å². The Kier molecular flexibility index (Phi) is 8.46. The lowest BCUT2D eigenvalue weighted by Gasteiger charge is -2.26. The molecule has 6 nitrogen and oxygen atoms in total. The molecule has 0 radical (unpaired) electrons. The average molecular weight is 581 g/mol. The monoisotopic (exact) mass is 580 g/mol. The molecule has 0 spiro atoms. The molecule has 1 saturated carbocycles. The molecule has 0 heterocycles. The second-order valence-corrected chi connectivity index (χ2v) is 11.1. The van der Waals surface area contributed by atoms with Gasteiger partial charge >= 0.3 is 16.3 Å². The van der Waals surface area contributed by atoms with E-state index < -0.39 is 26.8 Å². The van der Waals surface area contributed by atoms with Crippen molar-refractivity contribution in [3.63, 3.8) is 0 Å². The molecule has 208 valence electrons. The van der Waals surface area contributed by atoms with E-state index in [0.29, 0.717) is 41.0 Å². The first-order valence-corrected chi connectivity index (χ1v) is 14.3. The maximum Gasteiger partial charge on any atom is 0.416 e. The Morgan fingerprint density at radius 2 is 1.69 bits per heavy atom. The molecule has 3 aromatic carbocycles. The van der Waals surface area contributed by atoms with Crippen LogP contribution in [0, 0.1) is 0 Å². The number of carbonyl (C=O) groups is 1. The SMILES string of the molecule is CCN(CC)c1ccc(CN(C(=O)c2ccccc2Cl)C2CC2)c(OS(=O)(=O)c2cccc(C(F)(F)F)c2)c1. The van der Waals surface area contributed by atoms with E-state index in [-0.39, 0.29) is 24.2 Å². The van der Waals surface area contributed by atoms with Crippen LogP contribution in [0.25, 0.3) is 0 Å². The maximum absolute atomic E-state index is 13.4. The van der Waals surface area contributed by atoms with Crippen molar-refractivity contribution in [3.8, 4) is 5.75 Å². The lowest BCUT2D eigenvalue weighted by molar-refractivity contribution is -0.137. The minimum atomic E-state index is -4.72. The van der Waals surface area contributed by atoms with Crippen LogP contribution < -0.4 is 9.08 Å². The second kappa shape index (κ2) is 11.5. The van der Waals surface area contributed by atoms with Crippen LogP contribution in [0.15, 0.2) is 71.6 Å². The van der Waals surface area contributed by atoms with Crippen molar-refractivity contribution < 1.29 is 30.6 Å². The van der Waals surface area contributed by atoms with E-state index in [4.69, 9.17) is 15.8 Å². The van der Waals surface area contributed by atoms with E-state index in [1.54, 1.807) is 47.4 Å². The molecule has 1 aliphatic carbocycles. The van der Waals surface area contributed by atoms with Crippen molar-refractivity contribution >= 4 is 33.3 Å². The predicted molar refractivity (Wildman–Crippen MR) is 144 cm³/mol. The highest BCUT2D eigenvalue weighted by Crippen LogP contribution is 2.36. The standard InChI is InChI=1S/C28H28ClF3N2O4S/c1-3-33(4-2)22-13-12-19(18-34(21-14-15-21)27(35)24-10-5-6-11-25(24)29)26(17-22)38-39(36,37)23-9-7-8-20(16-23)28(30,31)32/h5-13,16-17,21H,3-4,14-15,18H2,1-2H3. The molecule has 0 atom stereocenters. The molecule has 3 aromatic rings. The summed E-state index contributed by atoms with van der Waals surface area (Å²) in [5, 5.41) is 0.300.